The Hall–Kier alpha value is -1.06. The molecule has 0 spiro atoms. The minimum absolute atomic E-state index is 0.194. The predicted molar refractivity (Wildman–Crippen MR) is 80.2 cm³/mol. The maximum Gasteiger partial charge on any atom is 0.119 e. The zero-order valence-electron chi connectivity index (χ0n) is 12.8. The fourth-order valence-corrected chi connectivity index (χ4v) is 2.38. The minimum atomic E-state index is -0.441. The highest BCUT2D eigenvalue weighted by Gasteiger charge is 2.24. The third kappa shape index (κ3) is 3.74. The zero-order valence-corrected chi connectivity index (χ0v) is 12.8. The van der Waals surface area contributed by atoms with Gasteiger partial charge in [0.25, 0.3) is 0 Å². The quantitative estimate of drug-likeness (QED) is 0.868. The molecular formula is C17H26O3. The van der Waals surface area contributed by atoms with E-state index in [4.69, 9.17) is 9.47 Å². The molecule has 1 aromatic carbocycles. The van der Waals surface area contributed by atoms with E-state index in [1.54, 1.807) is 0 Å². The maximum absolute atomic E-state index is 10.0. The van der Waals surface area contributed by atoms with Crippen LogP contribution in [0.2, 0.25) is 0 Å². The molecule has 1 N–H and O–H groups in total. The number of hydrogen-bond acceptors (Lipinski definition) is 3. The van der Waals surface area contributed by atoms with Crippen LogP contribution >= 0.6 is 0 Å². The van der Waals surface area contributed by atoms with Crippen molar-refractivity contribution in [1.82, 2.24) is 0 Å². The Morgan fingerprint density at radius 3 is 2.60 bits per heavy atom. The molecule has 0 aliphatic carbocycles. The molecule has 1 aliphatic rings. The first-order valence-electron chi connectivity index (χ1n) is 7.52. The van der Waals surface area contributed by atoms with Crippen molar-refractivity contribution < 1.29 is 14.6 Å². The summed E-state index contributed by atoms with van der Waals surface area (Å²) in [5, 5.41) is 10.0. The lowest BCUT2D eigenvalue weighted by atomic mass is 9.82. The SMILES string of the molecule is CCC(C)(C)c1ccc(OCC(O)C2CCOC2)cc1. The van der Waals surface area contributed by atoms with E-state index in [1.165, 1.54) is 5.56 Å². The van der Waals surface area contributed by atoms with Crippen LogP contribution in [0.15, 0.2) is 24.3 Å². The van der Waals surface area contributed by atoms with Gasteiger partial charge in [-0.1, -0.05) is 32.9 Å². The molecule has 1 heterocycles. The highest BCUT2D eigenvalue weighted by molar-refractivity contribution is 5.31. The molecule has 112 valence electrons. The second-order valence-corrected chi connectivity index (χ2v) is 6.26. The summed E-state index contributed by atoms with van der Waals surface area (Å²) in [4.78, 5) is 0. The van der Waals surface area contributed by atoms with E-state index < -0.39 is 6.10 Å². The van der Waals surface area contributed by atoms with Crippen molar-refractivity contribution in [3.8, 4) is 5.75 Å². The molecule has 0 aromatic heterocycles. The zero-order chi connectivity index (χ0) is 14.6. The largest absolute Gasteiger partial charge is 0.491 e. The second kappa shape index (κ2) is 6.59. The van der Waals surface area contributed by atoms with E-state index in [9.17, 15) is 5.11 Å². The number of ether oxygens (including phenoxy) is 2. The number of aliphatic hydroxyl groups excluding tert-OH is 1. The van der Waals surface area contributed by atoms with E-state index in [2.05, 4.69) is 32.9 Å². The Labute approximate surface area is 121 Å². The summed E-state index contributed by atoms with van der Waals surface area (Å²) in [6.45, 7) is 8.42. The smallest absolute Gasteiger partial charge is 0.119 e. The average molecular weight is 278 g/mol. The number of benzene rings is 1. The van der Waals surface area contributed by atoms with Gasteiger partial charge in [-0.2, -0.15) is 0 Å². The first kappa shape index (κ1) is 15.3. The van der Waals surface area contributed by atoms with Gasteiger partial charge in [-0.25, -0.2) is 0 Å². The Morgan fingerprint density at radius 1 is 1.35 bits per heavy atom. The summed E-state index contributed by atoms with van der Waals surface area (Å²) in [6, 6.07) is 8.21. The molecule has 2 unspecified atom stereocenters. The third-order valence-electron chi connectivity index (χ3n) is 4.45. The second-order valence-electron chi connectivity index (χ2n) is 6.26. The molecule has 0 bridgehead atoms. The van der Waals surface area contributed by atoms with E-state index >= 15 is 0 Å². The van der Waals surface area contributed by atoms with Crippen molar-refractivity contribution >= 4 is 0 Å². The first-order chi connectivity index (χ1) is 9.53. The van der Waals surface area contributed by atoms with Gasteiger partial charge >= 0.3 is 0 Å². The van der Waals surface area contributed by atoms with Crippen LogP contribution in [-0.4, -0.2) is 31.0 Å². The summed E-state index contributed by atoms with van der Waals surface area (Å²) in [5.41, 5.74) is 1.51. The van der Waals surface area contributed by atoms with E-state index in [1.807, 2.05) is 12.1 Å². The Kier molecular flexibility index (Phi) is 5.06. The summed E-state index contributed by atoms with van der Waals surface area (Å²) >= 11 is 0. The molecule has 1 aromatic rings. The van der Waals surface area contributed by atoms with Crippen molar-refractivity contribution in [3.05, 3.63) is 29.8 Å². The topological polar surface area (TPSA) is 38.7 Å². The van der Waals surface area contributed by atoms with Crippen LogP contribution in [-0.2, 0) is 10.2 Å². The summed E-state index contributed by atoms with van der Waals surface area (Å²) in [5.74, 6) is 1.03. The van der Waals surface area contributed by atoms with Crippen LogP contribution < -0.4 is 4.74 Å². The number of hydrogen-bond donors (Lipinski definition) is 1. The van der Waals surface area contributed by atoms with Crippen LogP contribution in [0.1, 0.15) is 39.2 Å². The molecule has 1 saturated heterocycles. The highest BCUT2D eigenvalue weighted by Crippen LogP contribution is 2.28. The summed E-state index contributed by atoms with van der Waals surface area (Å²) < 4.78 is 11.0. The molecule has 3 nitrogen and oxygen atoms in total. The van der Waals surface area contributed by atoms with Crippen LogP contribution in [0.25, 0.3) is 0 Å². The summed E-state index contributed by atoms with van der Waals surface area (Å²) in [7, 11) is 0. The molecule has 2 rings (SSSR count). The molecule has 3 heteroatoms. The minimum Gasteiger partial charge on any atom is -0.491 e. The van der Waals surface area contributed by atoms with Gasteiger partial charge in [-0.3, -0.25) is 0 Å². The molecule has 1 aliphatic heterocycles. The van der Waals surface area contributed by atoms with E-state index in [0.717, 1.165) is 25.2 Å². The Morgan fingerprint density at radius 2 is 2.05 bits per heavy atom. The Balaban J connectivity index is 1.87. The highest BCUT2D eigenvalue weighted by atomic mass is 16.5. The van der Waals surface area contributed by atoms with Gasteiger partial charge in [0, 0.05) is 12.5 Å². The molecule has 1 fully saturated rings. The normalized spacial score (nSPS) is 20.9. The lowest BCUT2D eigenvalue weighted by Gasteiger charge is -2.23. The van der Waals surface area contributed by atoms with Crippen LogP contribution in [0, 0.1) is 5.92 Å². The fraction of sp³-hybridized carbons (Fsp3) is 0.647. The van der Waals surface area contributed by atoms with Crippen molar-refractivity contribution in [2.24, 2.45) is 5.92 Å². The maximum atomic E-state index is 10.0. The third-order valence-corrected chi connectivity index (χ3v) is 4.45. The van der Waals surface area contributed by atoms with Crippen LogP contribution in [0.5, 0.6) is 5.75 Å². The van der Waals surface area contributed by atoms with Crippen LogP contribution in [0.3, 0.4) is 0 Å². The molecule has 0 saturated carbocycles. The van der Waals surface area contributed by atoms with Gasteiger partial charge in [0.1, 0.15) is 12.4 Å². The van der Waals surface area contributed by atoms with E-state index in [-0.39, 0.29) is 11.3 Å². The van der Waals surface area contributed by atoms with Crippen molar-refractivity contribution in [2.75, 3.05) is 19.8 Å². The van der Waals surface area contributed by atoms with Gasteiger partial charge in [0.15, 0.2) is 0 Å². The Bertz CT molecular complexity index is 405. The number of aliphatic hydroxyl groups is 1. The number of rotatable bonds is 6. The molecule has 2 atom stereocenters. The summed E-state index contributed by atoms with van der Waals surface area (Å²) in [6.07, 6.45) is 1.59. The van der Waals surface area contributed by atoms with E-state index in [0.29, 0.717) is 13.2 Å². The van der Waals surface area contributed by atoms with Gasteiger partial charge in [-0.15, -0.1) is 0 Å². The first-order valence-corrected chi connectivity index (χ1v) is 7.52. The molecule has 0 radical (unpaired) electrons. The van der Waals surface area contributed by atoms with Gasteiger partial charge in [0.2, 0.25) is 0 Å². The predicted octanol–water partition coefficient (Wildman–Crippen LogP) is 3.15. The lowest BCUT2D eigenvalue weighted by Crippen LogP contribution is -2.27. The monoisotopic (exact) mass is 278 g/mol. The van der Waals surface area contributed by atoms with Crippen molar-refractivity contribution in [1.29, 1.82) is 0 Å². The molecular weight excluding hydrogens is 252 g/mol. The van der Waals surface area contributed by atoms with Crippen molar-refractivity contribution in [3.63, 3.8) is 0 Å². The standard InChI is InChI=1S/C17H26O3/c1-4-17(2,3)14-5-7-15(8-6-14)20-12-16(18)13-9-10-19-11-13/h5-8,13,16,18H,4,9-12H2,1-3H3. The van der Waals surface area contributed by atoms with Gasteiger partial charge < -0.3 is 14.6 Å². The van der Waals surface area contributed by atoms with Gasteiger partial charge in [-0.05, 0) is 36.0 Å². The molecule has 20 heavy (non-hydrogen) atoms. The fourth-order valence-electron chi connectivity index (χ4n) is 2.38. The lowest BCUT2D eigenvalue weighted by molar-refractivity contribution is 0.0499. The average Bonchev–Trinajstić information content (AvgIpc) is 2.99. The van der Waals surface area contributed by atoms with Crippen molar-refractivity contribution in [2.45, 2.75) is 45.1 Å². The molecule has 0 amide bonds. The van der Waals surface area contributed by atoms with Gasteiger partial charge in [0.05, 0.1) is 12.7 Å². The van der Waals surface area contributed by atoms with Crippen LogP contribution in [0.4, 0.5) is 0 Å².